The van der Waals surface area contributed by atoms with Crippen molar-refractivity contribution in [3.8, 4) is 0 Å². The zero-order valence-corrected chi connectivity index (χ0v) is 11.6. The van der Waals surface area contributed by atoms with Crippen LogP contribution in [0, 0.1) is 6.92 Å². The summed E-state index contributed by atoms with van der Waals surface area (Å²) in [5, 5.41) is 0. The number of aryl methyl sites for hydroxylation is 1. The fourth-order valence-electron chi connectivity index (χ4n) is 2.39. The second-order valence-corrected chi connectivity index (χ2v) is 5.02. The van der Waals surface area contributed by atoms with Crippen LogP contribution < -0.4 is 5.73 Å². The van der Waals surface area contributed by atoms with Gasteiger partial charge in [0, 0.05) is 6.54 Å². The Kier molecular flexibility index (Phi) is 4.56. The molecule has 0 radical (unpaired) electrons. The first-order valence-electron chi connectivity index (χ1n) is 6.85. The largest absolute Gasteiger partial charge is 0.370 e. The number of benzene rings is 1. The van der Waals surface area contributed by atoms with Gasteiger partial charge in [0.2, 0.25) is 5.91 Å². The van der Waals surface area contributed by atoms with Gasteiger partial charge >= 0.3 is 0 Å². The molecule has 1 saturated heterocycles. The van der Waals surface area contributed by atoms with Crippen LogP contribution in [0.4, 0.5) is 0 Å². The van der Waals surface area contributed by atoms with Crippen molar-refractivity contribution in [1.29, 1.82) is 0 Å². The van der Waals surface area contributed by atoms with Gasteiger partial charge in [0.1, 0.15) is 6.10 Å². The third-order valence-electron chi connectivity index (χ3n) is 3.67. The van der Waals surface area contributed by atoms with Crippen LogP contribution >= 0.6 is 0 Å². The molecule has 1 heterocycles. The average Bonchev–Trinajstić information content (AvgIpc) is 2.46. The van der Waals surface area contributed by atoms with Crippen molar-refractivity contribution in [2.24, 2.45) is 5.73 Å². The first-order valence-corrected chi connectivity index (χ1v) is 6.85. The van der Waals surface area contributed by atoms with Crippen molar-refractivity contribution >= 4 is 5.91 Å². The van der Waals surface area contributed by atoms with Crippen LogP contribution in [0.1, 0.15) is 30.6 Å². The standard InChI is InChI=1S/C15H22N2O2/c1-3-13(16)15(18)17-8-9-19-14(10-17)12-7-5-4-6-11(12)2/h4-7,13-14H,3,8-10,16H2,1-2H3/t13-,14?/m0/s1. The van der Waals surface area contributed by atoms with Crippen molar-refractivity contribution < 1.29 is 9.53 Å². The predicted molar refractivity (Wildman–Crippen MR) is 74.7 cm³/mol. The van der Waals surface area contributed by atoms with E-state index in [0.29, 0.717) is 26.1 Å². The van der Waals surface area contributed by atoms with Crippen molar-refractivity contribution in [1.82, 2.24) is 4.90 Å². The van der Waals surface area contributed by atoms with E-state index in [4.69, 9.17) is 10.5 Å². The van der Waals surface area contributed by atoms with Gasteiger partial charge in [0.25, 0.3) is 0 Å². The number of morpholine rings is 1. The Morgan fingerprint density at radius 1 is 1.53 bits per heavy atom. The van der Waals surface area contributed by atoms with Gasteiger partial charge < -0.3 is 15.4 Å². The lowest BCUT2D eigenvalue weighted by molar-refractivity contribution is -0.140. The van der Waals surface area contributed by atoms with Gasteiger partial charge in [-0.3, -0.25) is 4.79 Å². The summed E-state index contributed by atoms with van der Waals surface area (Å²) in [5.74, 6) is 0.0318. The minimum absolute atomic E-state index is 0.0318. The Hall–Kier alpha value is -1.39. The molecule has 2 atom stereocenters. The number of carbonyl (C=O) groups excluding carboxylic acids is 1. The Morgan fingerprint density at radius 2 is 2.26 bits per heavy atom. The molecule has 1 fully saturated rings. The van der Waals surface area contributed by atoms with Gasteiger partial charge in [-0.05, 0) is 24.5 Å². The van der Waals surface area contributed by atoms with Crippen molar-refractivity contribution in [3.05, 3.63) is 35.4 Å². The van der Waals surface area contributed by atoms with E-state index in [2.05, 4.69) is 19.1 Å². The molecule has 1 aromatic rings. The summed E-state index contributed by atoms with van der Waals surface area (Å²) in [6, 6.07) is 7.75. The van der Waals surface area contributed by atoms with E-state index in [0.717, 1.165) is 5.56 Å². The highest BCUT2D eigenvalue weighted by Gasteiger charge is 2.28. The smallest absolute Gasteiger partial charge is 0.239 e. The molecule has 1 amide bonds. The quantitative estimate of drug-likeness (QED) is 0.901. The fraction of sp³-hybridized carbons (Fsp3) is 0.533. The van der Waals surface area contributed by atoms with Crippen LogP contribution in [0.2, 0.25) is 0 Å². The number of nitrogens with zero attached hydrogens (tertiary/aromatic N) is 1. The van der Waals surface area contributed by atoms with E-state index in [1.54, 1.807) is 0 Å². The minimum Gasteiger partial charge on any atom is -0.370 e. The molecule has 2 rings (SSSR count). The minimum atomic E-state index is -0.393. The van der Waals surface area contributed by atoms with Crippen LogP contribution in [0.3, 0.4) is 0 Å². The topological polar surface area (TPSA) is 55.6 Å². The lowest BCUT2D eigenvalue weighted by Gasteiger charge is -2.35. The molecular weight excluding hydrogens is 240 g/mol. The Morgan fingerprint density at radius 3 is 2.95 bits per heavy atom. The van der Waals surface area contributed by atoms with Crippen molar-refractivity contribution in [2.75, 3.05) is 19.7 Å². The summed E-state index contributed by atoms with van der Waals surface area (Å²) >= 11 is 0. The van der Waals surface area contributed by atoms with Crippen LogP contribution in [0.15, 0.2) is 24.3 Å². The van der Waals surface area contributed by atoms with Gasteiger partial charge in [-0.1, -0.05) is 31.2 Å². The Bertz CT molecular complexity index is 448. The summed E-state index contributed by atoms with van der Waals surface area (Å²) in [6.45, 7) is 5.80. The molecule has 0 bridgehead atoms. The number of carbonyl (C=O) groups is 1. The van der Waals surface area contributed by atoms with Crippen LogP contribution in [0.25, 0.3) is 0 Å². The first kappa shape index (κ1) is 14.0. The highest BCUT2D eigenvalue weighted by atomic mass is 16.5. The van der Waals surface area contributed by atoms with E-state index in [-0.39, 0.29) is 12.0 Å². The van der Waals surface area contributed by atoms with E-state index in [1.807, 2.05) is 24.0 Å². The summed E-state index contributed by atoms with van der Waals surface area (Å²) in [5.41, 5.74) is 8.18. The zero-order valence-electron chi connectivity index (χ0n) is 11.6. The highest BCUT2D eigenvalue weighted by Crippen LogP contribution is 2.25. The summed E-state index contributed by atoms with van der Waals surface area (Å²) in [6.07, 6.45) is 0.633. The molecule has 1 aliphatic heterocycles. The third kappa shape index (κ3) is 3.14. The molecular formula is C15H22N2O2. The van der Waals surface area contributed by atoms with E-state index >= 15 is 0 Å². The molecule has 0 aliphatic carbocycles. The number of rotatable bonds is 3. The Labute approximate surface area is 114 Å². The normalized spacial score (nSPS) is 21.2. The molecule has 1 unspecified atom stereocenters. The van der Waals surface area contributed by atoms with Gasteiger partial charge in [-0.15, -0.1) is 0 Å². The van der Waals surface area contributed by atoms with Gasteiger partial charge in [0.15, 0.2) is 0 Å². The summed E-state index contributed by atoms with van der Waals surface area (Å²) in [7, 11) is 0. The van der Waals surface area contributed by atoms with Gasteiger partial charge in [-0.25, -0.2) is 0 Å². The van der Waals surface area contributed by atoms with Crippen LogP contribution in [-0.4, -0.2) is 36.5 Å². The van der Waals surface area contributed by atoms with E-state index in [1.165, 1.54) is 5.56 Å². The molecule has 19 heavy (non-hydrogen) atoms. The maximum Gasteiger partial charge on any atom is 0.239 e. The molecule has 2 N–H and O–H groups in total. The number of nitrogens with two attached hydrogens (primary N) is 1. The molecule has 1 aliphatic rings. The SMILES string of the molecule is CC[C@H](N)C(=O)N1CCOC(c2ccccc2C)C1. The average molecular weight is 262 g/mol. The zero-order chi connectivity index (χ0) is 13.8. The second kappa shape index (κ2) is 6.17. The molecule has 4 heteroatoms. The van der Waals surface area contributed by atoms with Crippen LogP contribution in [0.5, 0.6) is 0 Å². The fourth-order valence-corrected chi connectivity index (χ4v) is 2.39. The number of amides is 1. The van der Waals surface area contributed by atoms with E-state index in [9.17, 15) is 4.79 Å². The van der Waals surface area contributed by atoms with Gasteiger partial charge in [0.05, 0.1) is 19.2 Å². The molecule has 4 nitrogen and oxygen atoms in total. The monoisotopic (exact) mass is 262 g/mol. The second-order valence-electron chi connectivity index (χ2n) is 5.02. The molecule has 0 saturated carbocycles. The van der Waals surface area contributed by atoms with E-state index < -0.39 is 6.04 Å². The lowest BCUT2D eigenvalue weighted by Crippen LogP contribution is -2.49. The van der Waals surface area contributed by atoms with Crippen LogP contribution in [-0.2, 0) is 9.53 Å². The van der Waals surface area contributed by atoms with Gasteiger partial charge in [-0.2, -0.15) is 0 Å². The highest BCUT2D eigenvalue weighted by molar-refractivity contribution is 5.81. The summed E-state index contributed by atoms with van der Waals surface area (Å²) in [4.78, 5) is 14.0. The molecule has 104 valence electrons. The molecule has 1 aromatic carbocycles. The number of ether oxygens (including phenoxy) is 1. The molecule has 0 spiro atoms. The maximum atomic E-state index is 12.1. The predicted octanol–water partition coefficient (Wildman–Crippen LogP) is 1.63. The number of hydrogen-bond acceptors (Lipinski definition) is 3. The maximum absolute atomic E-state index is 12.1. The number of hydrogen-bond donors (Lipinski definition) is 1. The first-order chi connectivity index (χ1) is 9.13. The summed E-state index contributed by atoms with van der Waals surface area (Å²) < 4.78 is 5.80. The van der Waals surface area contributed by atoms with Crippen molar-refractivity contribution in [2.45, 2.75) is 32.4 Å². The lowest BCUT2D eigenvalue weighted by atomic mass is 10.0. The Balaban J connectivity index is 2.09. The van der Waals surface area contributed by atoms with Crippen molar-refractivity contribution in [3.63, 3.8) is 0 Å². The third-order valence-corrected chi connectivity index (χ3v) is 3.67. The molecule has 0 aromatic heterocycles.